The van der Waals surface area contributed by atoms with Crippen molar-refractivity contribution in [2.75, 3.05) is 26.2 Å². The molecule has 0 saturated carbocycles. The van der Waals surface area contributed by atoms with Gasteiger partial charge in [-0.15, -0.1) is 0 Å². The Hall–Kier alpha value is -1.75. The number of nitrogens with zero attached hydrogens (tertiary/aromatic N) is 2. The molecule has 1 atom stereocenters. The monoisotopic (exact) mass is 334 g/mol. The van der Waals surface area contributed by atoms with Gasteiger partial charge in [-0.3, -0.25) is 0 Å². The Labute approximate surface area is 147 Å². The minimum atomic E-state index is 0.287. The third-order valence-corrected chi connectivity index (χ3v) is 4.09. The largest absolute Gasteiger partial charge is 0.508 e. The second kappa shape index (κ2) is 11.7. The van der Waals surface area contributed by atoms with Crippen molar-refractivity contribution in [3.63, 3.8) is 0 Å². The van der Waals surface area contributed by atoms with Gasteiger partial charge >= 0.3 is 0 Å². The van der Waals surface area contributed by atoms with Gasteiger partial charge in [0.1, 0.15) is 5.75 Å². The molecule has 1 aromatic carbocycles. The summed E-state index contributed by atoms with van der Waals surface area (Å²) in [7, 11) is 0. The first-order chi connectivity index (χ1) is 11.6. The molecule has 3 N–H and O–H groups in total. The van der Waals surface area contributed by atoms with E-state index >= 15 is 0 Å². The molecule has 1 rings (SSSR count). The van der Waals surface area contributed by atoms with Crippen LogP contribution in [0.15, 0.2) is 29.3 Å². The van der Waals surface area contributed by atoms with Crippen LogP contribution in [0.4, 0.5) is 0 Å². The first-order valence-electron chi connectivity index (χ1n) is 9.14. The molecule has 0 saturated heterocycles. The van der Waals surface area contributed by atoms with Gasteiger partial charge in [-0.1, -0.05) is 26.0 Å². The Bertz CT molecular complexity index is 469. The highest BCUT2D eigenvalue weighted by atomic mass is 16.3. The second-order valence-electron chi connectivity index (χ2n) is 6.08. The standard InChI is InChI=1S/C19H34N4O/c1-5-20-19(21-15-17-10-12-18(24)13-11-17)22-16(4)9-8-14-23(6-2)7-3/h10-13,16,24H,5-9,14-15H2,1-4H3,(H2,20,21,22). The zero-order valence-electron chi connectivity index (χ0n) is 15.7. The highest BCUT2D eigenvalue weighted by Crippen LogP contribution is 2.10. The summed E-state index contributed by atoms with van der Waals surface area (Å²) in [6.07, 6.45) is 2.31. The predicted octanol–water partition coefficient (Wildman–Crippen LogP) is 2.96. The lowest BCUT2D eigenvalue weighted by atomic mass is 10.2. The van der Waals surface area contributed by atoms with Crippen molar-refractivity contribution < 1.29 is 5.11 Å². The summed E-state index contributed by atoms with van der Waals surface area (Å²) >= 11 is 0. The van der Waals surface area contributed by atoms with Gasteiger partial charge in [-0.2, -0.15) is 0 Å². The van der Waals surface area contributed by atoms with Crippen LogP contribution < -0.4 is 10.6 Å². The zero-order valence-corrected chi connectivity index (χ0v) is 15.7. The molecule has 0 radical (unpaired) electrons. The van der Waals surface area contributed by atoms with Crippen LogP contribution in [0.25, 0.3) is 0 Å². The predicted molar refractivity (Wildman–Crippen MR) is 103 cm³/mol. The van der Waals surface area contributed by atoms with Crippen LogP contribution in [-0.2, 0) is 6.54 Å². The van der Waals surface area contributed by atoms with E-state index in [1.54, 1.807) is 12.1 Å². The maximum Gasteiger partial charge on any atom is 0.191 e. The first-order valence-corrected chi connectivity index (χ1v) is 9.14. The molecule has 0 aromatic heterocycles. The Kier molecular flexibility index (Phi) is 9.92. The number of guanidine groups is 1. The number of phenols is 1. The third-order valence-electron chi connectivity index (χ3n) is 4.09. The molecule has 0 heterocycles. The van der Waals surface area contributed by atoms with Crippen LogP contribution in [0, 0.1) is 0 Å². The quantitative estimate of drug-likeness (QED) is 0.455. The van der Waals surface area contributed by atoms with Crippen LogP contribution in [0.1, 0.15) is 46.1 Å². The van der Waals surface area contributed by atoms with Gasteiger partial charge in [0.15, 0.2) is 5.96 Å². The number of aromatic hydroxyl groups is 1. The summed E-state index contributed by atoms with van der Waals surface area (Å²) in [4.78, 5) is 7.09. The molecule has 136 valence electrons. The maximum atomic E-state index is 9.33. The summed E-state index contributed by atoms with van der Waals surface area (Å²) < 4.78 is 0. The fraction of sp³-hybridized carbons (Fsp3) is 0.632. The lowest BCUT2D eigenvalue weighted by Gasteiger charge is -2.21. The van der Waals surface area contributed by atoms with Crippen molar-refractivity contribution in [1.82, 2.24) is 15.5 Å². The molecule has 24 heavy (non-hydrogen) atoms. The van der Waals surface area contributed by atoms with E-state index in [1.165, 1.54) is 6.42 Å². The highest BCUT2D eigenvalue weighted by molar-refractivity contribution is 5.80. The van der Waals surface area contributed by atoms with Crippen molar-refractivity contribution >= 4 is 5.96 Å². The van der Waals surface area contributed by atoms with Gasteiger partial charge in [0.05, 0.1) is 6.54 Å². The summed E-state index contributed by atoms with van der Waals surface area (Å²) in [6.45, 7) is 13.5. The minimum Gasteiger partial charge on any atom is -0.508 e. The number of benzene rings is 1. The van der Waals surface area contributed by atoms with Gasteiger partial charge in [0, 0.05) is 12.6 Å². The molecule has 5 heteroatoms. The van der Waals surface area contributed by atoms with E-state index < -0.39 is 0 Å². The van der Waals surface area contributed by atoms with E-state index in [0.717, 1.165) is 44.1 Å². The summed E-state index contributed by atoms with van der Waals surface area (Å²) in [5, 5.41) is 16.1. The molecule has 0 fully saturated rings. The number of rotatable bonds is 10. The maximum absolute atomic E-state index is 9.33. The van der Waals surface area contributed by atoms with Crippen molar-refractivity contribution in [2.45, 2.75) is 53.1 Å². The fourth-order valence-corrected chi connectivity index (χ4v) is 2.56. The van der Waals surface area contributed by atoms with Crippen LogP contribution in [0.3, 0.4) is 0 Å². The number of phenolic OH excluding ortho intramolecular Hbond substituents is 1. The first kappa shape index (κ1) is 20.3. The average molecular weight is 335 g/mol. The van der Waals surface area contributed by atoms with Crippen molar-refractivity contribution in [2.24, 2.45) is 4.99 Å². The summed E-state index contributed by atoms with van der Waals surface area (Å²) in [6, 6.07) is 7.58. The third kappa shape index (κ3) is 8.20. The topological polar surface area (TPSA) is 59.9 Å². The number of hydrogen-bond donors (Lipinski definition) is 3. The molecule has 0 amide bonds. The van der Waals surface area contributed by atoms with Gasteiger partial charge in [-0.05, 0) is 64.0 Å². The molecule has 0 aliphatic heterocycles. The zero-order chi connectivity index (χ0) is 17.8. The van der Waals surface area contributed by atoms with E-state index in [2.05, 4.69) is 48.2 Å². The van der Waals surface area contributed by atoms with Gasteiger partial charge < -0.3 is 20.6 Å². The van der Waals surface area contributed by atoms with Crippen molar-refractivity contribution in [1.29, 1.82) is 0 Å². The van der Waals surface area contributed by atoms with Gasteiger partial charge in [-0.25, -0.2) is 4.99 Å². The van der Waals surface area contributed by atoms with E-state index in [9.17, 15) is 5.11 Å². The van der Waals surface area contributed by atoms with E-state index in [-0.39, 0.29) is 5.75 Å². The lowest BCUT2D eigenvalue weighted by Crippen LogP contribution is -2.42. The molecule has 1 unspecified atom stereocenters. The molecule has 1 aromatic rings. The summed E-state index contributed by atoms with van der Waals surface area (Å²) in [5.74, 6) is 1.13. The van der Waals surface area contributed by atoms with Crippen LogP contribution in [-0.4, -0.2) is 48.2 Å². The fourth-order valence-electron chi connectivity index (χ4n) is 2.56. The normalized spacial score (nSPS) is 13.1. The van der Waals surface area contributed by atoms with Crippen LogP contribution in [0.2, 0.25) is 0 Å². The van der Waals surface area contributed by atoms with Crippen LogP contribution in [0.5, 0.6) is 5.75 Å². The highest BCUT2D eigenvalue weighted by Gasteiger charge is 2.06. The molecular weight excluding hydrogens is 300 g/mol. The van der Waals surface area contributed by atoms with E-state index in [0.29, 0.717) is 12.6 Å². The van der Waals surface area contributed by atoms with E-state index in [1.807, 2.05) is 12.1 Å². The number of nitrogens with one attached hydrogen (secondary N) is 2. The molecule has 5 nitrogen and oxygen atoms in total. The number of hydrogen-bond acceptors (Lipinski definition) is 3. The molecular formula is C19H34N4O. The Morgan fingerprint density at radius 3 is 2.42 bits per heavy atom. The smallest absolute Gasteiger partial charge is 0.191 e. The summed E-state index contributed by atoms with van der Waals surface area (Å²) in [5.41, 5.74) is 1.08. The molecule has 0 aliphatic carbocycles. The molecule has 0 bridgehead atoms. The van der Waals surface area contributed by atoms with Crippen molar-refractivity contribution in [3.05, 3.63) is 29.8 Å². The Morgan fingerprint density at radius 2 is 1.83 bits per heavy atom. The average Bonchev–Trinajstić information content (AvgIpc) is 2.58. The number of aliphatic imine (C=N–C) groups is 1. The minimum absolute atomic E-state index is 0.287. The SMILES string of the molecule is CCNC(=NCc1ccc(O)cc1)NC(C)CCCN(CC)CC. The van der Waals surface area contributed by atoms with Gasteiger partial charge in [0.25, 0.3) is 0 Å². The molecule has 0 spiro atoms. The Morgan fingerprint density at radius 1 is 1.17 bits per heavy atom. The van der Waals surface area contributed by atoms with E-state index in [4.69, 9.17) is 0 Å². The Balaban J connectivity index is 2.45. The van der Waals surface area contributed by atoms with Crippen molar-refractivity contribution in [3.8, 4) is 5.75 Å². The van der Waals surface area contributed by atoms with Gasteiger partial charge in [0.2, 0.25) is 0 Å². The lowest BCUT2D eigenvalue weighted by molar-refractivity contribution is 0.292. The molecule has 0 aliphatic rings. The van der Waals surface area contributed by atoms with Crippen LogP contribution >= 0.6 is 0 Å². The second-order valence-corrected chi connectivity index (χ2v) is 6.08.